The number of amides is 3. The molecule has 1 heterocycles. The van der Waals surface area contributed by atoms with E-state index in [1.807, 2.05) is 6.92 Å². The summed E-state index contributed by atoms with van der Waals surface area (Å²) in [6.07, 6.45) is 1.17. The molecule has 1 N–H and O–H groups in total. The summed E-state index contributed by atoms with van der Waals surface area (Å²) >= 11 is 0. The van der Waals surface area contributed by atoms with E-state index in [0.29, 0.717) is 6.54 Å². The standard InChI is InChI=1S/C17H23F3N2O3/c1-3-4-5-8-21-14(23)12-10(2)6-7-11-13(12)16(25)22(15(11)24)9-17(18,19)20/h6-7,10-13H,3-5,8-9H2,1-2H3,(H,21,23)/t10-,11-,12-,13-/m1/s1. The predicted octanol–water partition coefficient (Wildman–Crippen LogP) is 2.28. The number of unbranched alkanes of at least 4 members (excludes halogenated alkanes) is 2. The molecule has 1 aliphatic heterocycles. The van der Waals surface area contributed by atoms with E-state index in [4.69, 9.17) is 0 Å². The second-order valence-corrected chi connectivity index (χ2v) is 6.70. The second-order valence-electron chi connectivity index (χ2n) is 6.70. The largest absolute Gasteiger partial charge is 0.406 e. The first-order valence-corrected chi connectivity index (χ1v) is 8.55. The van der Waals surface area contributed by atoms with E-state index in [0.717, 1.165) is 19.3 Å². The zero-order valence-electron chi connectivity index (χ0n) is 14.3. The van der Waals surface area contributed by atoms with Crippen molar-refractivity contribution in [3.63, 3.8) is 0 Å². The van der Waals surface area contributed by atoms with Crippen LogP contribution in [0.2, 0.25) is 0 Å². The molecule has 2 aliphatic rings. The topological polar surface area (TPSA) is 66.5 Å². The summed E-state index contributed by atoms with van der Waals surface area (Å²) in [4.78, 5) is 37.4. The summed E-state index contributed by atoms with van der Waals surface area (Å²) in [6.45, 7) is 2.60. The zero-order chi connectivity index (χ0) is 18.8. The molecule has 1 aliphatic carbocycles. The number of halogens is 3. The minimum Gasteiger partial charge on any atom is -0.356 e. The van der Waals surface area contributed by atoms with Crippen LogP contribution in [0.5, 0.6) is 0 Å². The summed E-state index contributed by atoms with van der Waals surface area (Å²) in [5.41, 5.74) is 0. The van der Waals surface area contributed by atoms with Crippen molar-refractivity contribution in [1.29, 1.82) is 0 Å². The van der Waals surface area contributed by atoms with Gasteiger partial charge in [-0.3, -0.25) is 19.3 Å². The number of alkyl halides is 3. The van der Waals surface area contributed by atoms with Crippen LogP contribution in [-0.2, 0) is 14.4 Å². The van der Waals surface area contributed by atoms with E-state index >= 15 is 0 Å². The molecule has 0 radical (unpaired) electrons. The Morgan fingerprint density at radius 2 is 1.88 bits per heavy atom. The van der Waals surface area contributed by atoms with Crippen molar-refractivity contribution in [2.45, 2.75) is 39.3 Å². The summed E-state index contributed by atoms with van der Waals surface area (Å²) in [5.74, 6) is -5.35. The van der Waals surface area contributed by atoms with Crippen LogP contribution >= 0.6 is 0 Å². The number of rotatable bonds is 6. The molecule has 0 bridgehead atoms. The molecule has 0 aromatic heterocycles. The highest BCUT2D eigenvalue weighted by molar-refractivity contribution is 6.08. The van der Waals surface area contributed by atoms with Crippen molar-refractivity contribution in [2.24, 2.45) is 23.7 Å². The molecular formula is C17H23F3N2O3. The Morgan fingerprint density at radius 1 is 1.20 bits per heavy atom. The van der Waals surface area contributed by atoms with Crippen LogP contribution in [0, 0.1) is 23.7 Å². The summed E-state index contributed by atoms with van der Waals surface area (Å²) < 4.78 is 38.0. The van der Waals surface area contributed by atoms with Gasteiger partial charge in [0.05, 0.1) is 17.8 Å². The quantitative estimate of drug-likeness (QED) is 0.449. The van der Waals surface area contributed by atoms with E-state index in [-0.39, 0.29) is 16.7 Å². The van der Waals surface area contributed by atoms with Crippen molar-refractivity contribution in [2.75, 3.05) is 13.1 Å². The van der Waals surface area contributed by atoms with Gasteiger partial charge < -0.3 is 5.32 Å². The number of nitrogens with one attached hydrogen (secondary N) is 1. The third-order valence-corrected chi connectivity index (χ3v) is 4.78. The molecule has 0 unspecified atom stereocenters. The van der Waals surface area contributed by atoms with Crippen LogP contribution in [-0.4, -0.2) is 41.9 Å². The average molecular weight is 360 g/mol. The Hall–Kier alpha value is -1.86. The van der Waals surface area contributed by atoms with E-state index in [1.165, 1.54) is 6.08 Å². The van der Waals surface area contributed by atoms with Gasteiger partial charge >= 0.3 is 6.18 Å². The van der Waals surface area contributed by atoms with Crippen LogP contribution in [0.25, 0.3) is 0 Å². The number of likely N-dealkylation sites (tertiary alicyclic amines) is 1. The first-order valence-electron chi connectivity index (χ1n) is 8.55. The summed E-state index contributed by atoms with van der Waals surface area (Å²) in [6, 6.07) is 0. The maximum Gasteiger partial charge on any atom is 0.406 e. The molecule has 0 saturated carbocycles. The fourth-order valence-electron chi connectivity index (χ4n) is 3.54. The molecule has 4 atom stereocenters. The average Bonchev–Trinajstić information content (AvgIpc) is 2.75. The lowest BCUT2D eigenvalue weighted by Crippen LogP contribution is -2.45. The first kappa shape index (κ1) is 19.5. The molecule has 0 aromatic rings. The first-order chi connectivity index (χ1) is 11.7. The van der Waals surface area contributed by atoms with Gasteiger partial charge in [-0.15, -0.1) is 0 Å². The Balaban J connectivity index is 2.16. The van der Waals surface area contributed by atoms with E-state index in [9.17, 15) is 27.6 Å². The molecule has 0 spiro atoms. The molecule has 3 amide bonds. The van der Waals surface area contributed by atoms with Gasteiger partial charge in [0.2, 0.25) is 17.7 Å². The highest BCUT2D eigenvalue weighted by Crippen LogP contribution is 2.41. The molecule has 8 heteroatoms. The number of nitrogens with zero attached hydrogens (tertiary/aromatic N) is 1. The highest BCUT2D eigenvalue weighted by Gasteiger charge is 2.56. The second kappa shape index (κ2) is 7.58. The molecule has 2 rings (SSSR count). The molecule has 5 nitrogen and oxygen atoms in total. The van der Waals surface area contributed by atoms with Gasteiger partial charge in [-0.25, -0.2) is 0 Å². The molecular weight excluding hydrogens is 337 g/mol. The molecule has 25 heavy (non-hydrogen) atoms. The third kappa shape index (κ3) is 4.22. The Kier molecular flexibility index (Phi) is 5.90. The van der Waals surface area contributed by atoms with Gasteiger partial charge in [-0.1, -0.05) is 38.8 Å². The summed E-state index contributed by atoms with van der Waals surface area (Å²) in [7, 11) is 0. The number of carbonyl (C=O) groups is 3. The van der Waals surface area contributed by atoms with E-state index < -0.39 is 42.3 Å². The smallest absolute Gasteiger partial charge is 0.356 e. The lowest BCUT2D eigenvalue weighted by molar-refractivity contribution is -0.166. The Labute approximate surface area is 144 Å². The Morgan fingerprint density at radius 3 is 2.48 bits per heavy atom. The zero-order valence-corrected chi connectivity index (χ0v) is 14.3. The number of imide groups is 1. The van der Waals surface area contributed by atoms with Gasteiger partial charge in [-0.05, 0) is 12.3 Å². The molecule has 0 aromatic carbocycles. The minimum atomic E-state index is -4.66. The summed E-state index contributed by atoms with van der Waals surface area (Å²) in [5, 5.41) is 2.75. The van der Waals surface area contributed by atoms with Crippen molar-refractivity contribution in [1.82, 2.24) is 10.2 Å². The van der Waals surface area contributed by atoms with Crippen molar-refractivity contribution in [3.8, 4) is 0 Å². The lowest BCUT2D eigenvalue weighted by Gasteiger charge is -2.30. The van der Waals surface area contributed by atoms with Gasteiger partial charge in [0.1, 0.15) is 6.54 Å². The van der Waals surface area contributed by atoms with Crippen molar-refractivity contribution in [3.05, 3.63) is 12.2 Å². The number of allylic oxidation sites excluding steroid dienone is 1. The Bertz CT molecular complexity index is 574. The van der Waals surface area contributed by atoms with Crippen LogP contribution in [0.1, 0.15) is 33.1 Å². The number of carbonyl (C=O) groups excluding carboxylic acids is 3. The number of hydrogen-bond acceptors (Lipinski definition) is 3. The van der Waals surface area contributed by atoms with Gasteiger partial charge in [0, 0.05) is 6.54 Å². The monoisotopic (exact) mass is 360 g/mol. The number of fused-ring (bicyclic) bond motifs is 1. The van der Waals surface area contributed by atoms with Crippen molar-refractivity contribution < 1.29 is 27.6 Å². The fourth-order valence-corrected chi connectivity index (χ4v) is 3.54. The van der Waals surface area contributed by atoms with Gasteiger partial charge in [-0.2, -0.15) is 13.2 Å². The van der Waals surface area contributed by atoms with Gasteiger partial charge in [0.25, 0.3) is 0 Å². The maximum absolute atomic E-state index is 12.7. The molecule has 1 saturated heterocycles. The van der Waals surface area contributed by atoms with Crippen molar-refractivity contribution >= 4 is 17.7 Å². The van der Waals surface area contributed by atoms with Crippen LogP contribution in [0.3, 0.4) is 0 Å². The lowest BCUT2D eigenvalue weighted by atomic mass is 9.71. The van der Waals surface area contributed by atoms with Crippen LogP contribution in [0.15, 0.2) is 12.2 Å². The predicted molar refractivity (Wildman–Crippen MR) is 84.1 cm³/mol. The minimum absolute atomic E-state index is 0.245. The maximum atomic E-state index is 12.7. The van der Waals surface area contributed by atoms with Gasteiger partial charge in [0.15, 0.2) is 0 Å². The normalized spacial score (nSPS) is 29.1. The molecule has 140 valence electrons. The van der Waals surface area contributed by atoms with E-state index in [2.05, 4.69) is 5.32 Å². The third-order valence-electron chi connectivity index (χ3n) is 4.78. The van der Waals surface area contributed by atoms with Crippen LogP contribution in [0.4, 0.5) is 13.2 Å². The van der Waals surface area contributed by atoms with Crippen LogP contribution < -0.4 is 5.32 Å². The molecule has 1 fully saturated rings. The number of hydrogen-bond donors (Lipinski definition) is 1. The fraction of sp³-hybridized carbons (Fsp3) is 0.706. The SMILES string of the molecule is CCCCCNC(=O)[C@H]1[C@@H]2C(=O)N(CC(F)(F)F)C(=O)[C@@H]2C=C[C@H]1C. The highest BCUT2D eigenvalue weighted by atomic mass is 19.4. The van der Waals surface area contributed by atoms with E-state index in [1.54, 1.807) is 13.0 Å².